The van der Waals surface area contributed by atoms with E-state index in [1.807, 2.05) is 24.3 Å². The zero-order valence-corrected chi connectivity index (χ0v) is 17.9. The van der Waals surface area contributed by atoms with Gasteiger partial charge in [0.1, 0.15) is 5.75 Å². The molecule has 3 heterocycles. The molecule has 0 aliphatic carbocycles. The standard InChI is InChI=1S/C22H34N4O4/c1-23-6-8-25(9-7-23)20-15-24(16-21(20)27)14-18-2-4-19(5-3-18)30-17-22(28)26-10-12-29-13-11-26/h2-5,20-21,27H,6-17H2,1H3/t20?,21-/m0/s1. The van der Waals surface area contributed by atoms with Crippen LogP contribution < -0.4 is 4.74 Å². The van der Waals surface area contributed by atoms with Crippen molar-refractivity contribution in [1.82, 2.24) is 19.6 Å². The summed E-state index contributed by atoms with van der Waals surface area (Å²) in [6, 6.07) is 8.17. The van der Waals surface area contributed by atoms with Crippen LogP contribution >= 0.6 is 0 Å². The lowest BCUT2D eigenvalue weighted by molar-refractivity contribution is -0.137. The number of rotatable bonds is 6. The molecule has 1 unspecified atom stereocenters. The van der Waals surface area contributed by atoms with Crippen molar-refractivity contribution in [2.75, 3.05) is 79.2 Å². The summed E-state index contributed by atoms with van der Waals surface area (Å²) in [5.41, 5.74) is 1.19. The third-order valence-corrected chi connectivity index (χ3v) is 6.40. The van der Waals surface area contributed by atoms with Crippen molar-refractivity contribution in [2.45, 2.75) is 18.7 Å². The number of β-amino-alcohol motifs (C(OH)–C–C–N with tert-alkyl or cyclic N) is 1. The Labute approximate surface area is 178 Å². The van der Waals surface area contributed by atoms with Crippen LogP contribution in [0.15, 0.2) is 24.3 Å². The van der Waals surface area contributed by atoms with Crippen LogP contribution in [0.25, 0.3) is 0 Å². The molecule has 0 spiro atoms. The molecule has 2 atom stereocenters. The van der Waals surface area contributed by atoms with Crippen LogP contribution in [0, 0.1) is 0 Å². The van der Waals surface area contributed by atoms with Gasteiger partial charge < -0.3 is 24.4 Å². The number of aliphatic hydroxyl groups excluding tert-OH is 1. The van der Waals surface area contributed by atoms with Gasteiger partial charge in [0.2, 0.25) is 0 Å². The number of benzene rings is 1. The molecule has 0 saturated carbocycles. The maximum atomic E-state index is 12.2. The van der Waals surface area contributed by atoms with Gasteiger partial charge >= 0.3 is 0 Å². The van der Waals surface area contributed by atoms with Crippen molar-refractivity contribution in [3.63, 3.8) is 0 Å². The lowest BCUT2D eigenvalue weighted by Gasteiger charge is -2.37. The minimum atomic E-state index is -0.290. The van der Waals surface area contributed by atoms with Gasteiger partial charge in [0.05, 0.1) is 19.3 Å². The second kappa shape index (κ2) is 10.1. The van der Waals surface area contributed by atoms with Gasteiger partial charge in [-0.25, -0.2) is 0 Å². The summed E-state index contributed by atoms with van der Waals surface area (Å²) in [7, 11) is 2.15. The Kier molecular flexibility index (Phi) is 7.22. The summed E-state index contributed by atoms with van der Waals surface area (Å²) in [5, 5.41) is 10.6. The smallest absolute Gasteiger partial charge is 0.260 e. The second-order valence-electron chi connectivity index (χ2n) is 8.59. The number of likely N-dealkylation sites (N-methyl/N-ethyl adjacent to an activating group) is 1. The number of hydrogen-bond acceptors (Lipinski definition) is 7. The molecule has 8 nitrogen and oxygen atoms in total. The molecule has 3 saturated heterocycles. The highest BCUT2D eigenvalue weighted by Crippen LogP contribution is 2.21. The molecule has 1 aromatic rings. The predicted octanol–water partition coefficient (Wildman–Crippen LogP) is -0.283. The molecule has 1 amide bonds. The minimum Gasteiger partial charge on any atom is -0.484 e. The summed E-state index contributed by atoms with van der Waals surface area (Å²) in [6.45, 7) is 9.15. The first kappa shape index (κ1) is 21.5. The molecule has 4 rings (SSSR count). The molecule has 1 aromatic carbocycles. The van der Waals surface area contributed by atoms with Crippen LogP contribution in [0.2, 0.25) is 0 Å². The van der Waals surface area contributed by atoms with E-state index in [1.54, 1.807) is 4.90 Å². The fourth-order valence-electron chi connectivity index (χ4n) is 4.49. The Balaban J connectivity index is 1.23. The molecule has 3 fully saturated rings. The van der Waals surface area contributed by atoms with E-state index in [9.17, 15) is 9.90 Å². The van der Waals surface area contributed by atoms with E-state index >= 15 is 0 Å². The number of ether oxygens (including phenoxy) is 2. The molecule has 0 aromatic heterocycles. The maximum absolute atomic E-state index is 12.2. The highest BCUT2D eigenvalue weighted by Gasteiger charge is 2.36. The first-order valence-electron chi connectivity index (χ1n) is 11.0. The number of hydrogen-bond donors (Lipinski definition) is 1. The number of carbonyl (C=O) groups excluding carboxylic acids is 1. The molecular formula is C22H34N4O4. The van der Waals surface area contributed by atoms with E-state index in [0.29, 0.717) is 38.6 Å². The molecule has 166 valence electrons. The van der Waals surface area contributed by atoms with Gasteiger partial charge in [-0.2, -0.15) is 0 Å². The van der Waals surface area contributed by atoms with Crippen molar-refractivity contribution < 1.29 is 19.4 Å². The lowest BCUT2D eigenvalue weighted by atomic mass is 10.1. The summed E-state index contributed by atoms with van der Waals surface area (Å²) in [6.07, 6.45) is -0.290. The number of nitrogens with zero attached hydrogens (tertiary/aromatic N) is 4. The zero-order chi connectivity index (χ0) is 20.9. The first-order valence-corrected chi connectivity index (χ1v) is 11.0. The van der Waals surface area contributed by atoms with Gasteiger partial charge in [-0.3, -0.25) is 14.6 Å². The third kappa shape index (κ3) is 5.50. The summed E-state index contributed by atoms with van der Waals surface area (Å²) in [5.74, 6) is 0.709. The van der Waals surface area contributed by atoms with E-state index in [0.717, 1.165) is 39.3 Å². The average molecular weight is 419 g/mol. The fourth-order valence-corrected chi connectivity index (χ4v) is 4.49. The Morgan fingerprint density at radius 1 is 1.07 bits per heavy atom. The van der Waals surface area contributed by atoms with Crippen LogP contribution in [0.5, 0.6) is 5.75 Å². The van der Waals surface area contributed by atoms with Crippen LogP contribution in [0.3, 0.4) is 0 Å². The molecule has 3 aliphatic rings. The Morgan fingerprint density at radius 3 is 2.47 bits per heavy atom. The Morgan fingerprint density at radius 2 is 1.77 bits per heavy atom. The molecule has 8 heteroatoms. The van der Waals surface area contributed by atoms with Crippen LogP contribution in [-0.2, 0) is 16.1 Å². The number of likely N-dealkylation sites (tertiary alicyclic amines) is 1. The molecule has 30 heavy (non-hydrogen) atoms. The van der Waals surface area contributed by atoms with Crippen molar-refractivity contribution in [3.8, 4) is 5.75 Å². The number of morpholine rings is 1. The average Bonchev–Trinajstić information content (AvgIpc) is 3.14. The van der Waals surface area contributed by atoms with Crippen LogP contribution in [0.4, 0.5) is 0 Å². The quantitative estimate of drug-likeness (QED) is 0.681. The highest BCUT2D eigenvalue weighted by molar-refractivity contribution is 5.77. The Hall–Kier alpha value is -1.71. The maximum Gasteiger partial charge on any atom is 0.260 e. The Bertz CT molecular complexity index is 687. The van der Waals surface area contributed by atoms with E-state index in [2.05, 4.69) is 21.7 Å². The minimum absolute atomic E-state index is 0.00313. The van der Waals surface area contributed by atoms with Crippen molar-refractivity contribution in [3.05, 3.63) is 29.8 Å². The van der Waals surface area contributed by atoms with Gasteiger partial charge in [-0.1, -0.05) is 12.1 Å². The van der Waals surface area contributed by atoms with Gasteiger partial charge in [0.15, 0.2) is 6.61 Å². The molecule has 3 aliphatic heterocycles. The van der Waals surface area contributed by atoms with Gasteiger partial charge in [0.25, 0.3) is 5.91 Å². The van der Waals surface area contributed by atoms with Crippen molar-refractivity contribution in [1.29, 1.82) is 0 Å². The van der Waals surface area contributed by atoms with Gasteiger partial charge in [0, 0.05) is 64.9 Å². The number of amides is 1. The van der Waals surface area contributed by atoms with Gasteiger partial charge in [-0.05, 0) is 24.7 Å². The van der Waals surface area contributed by atoms with Gasteiger partial charge in [-0.15, -0.1) is 0 Å². The van der Waals surface area contributed by atoms with Crippen molar-refractivity contribution >= 4 is 5.91 Å². The first-order chi connectivity index (χ1) is 14.6. The highest BCUT2D eigenvalue weighted by atomic mass is 16.5. The van der Waals surface area contributed by atoms with Crippen LogP contribution in [0.1, 0.15) is 5.56 Å². The summed E-state index contributed by atoms with van der Waals surface area (Å²) in [4.78, 5) is 21.1. The molecular weight excluding hydrogens is 384 g/mol. The number of carbonyl (C=O) groups is 1. The SMILES string of the molecule is CN1CCN(C2CN(Cc3ccc(OCC(=O)N4CCOCC4)cc3)C[C@@H]2O)CC1. The lowest BCUT2D eigenvalue weighted by Crippen LogP contribution is -2.52. The summed E-state index contributed by atoms with van der Waals surface area (Å²) < 4.78 is 10.9. The molecule has 0 bridgehead atoms. The van der Waals surface area contributed by atoms with E-state index in [-0.39, 0.29) is 24.7 Å². The van der Waals surface area contributed by atoms with E-state index in [4.69, 9.17) is 9.47 Å². The van der Waals surface area contributed by atoms with Crippen molar-refractivity contribution in [2.24, 2.45) is 0 Å². The zero-order valence-electron chi connectivity index (χ0n) is 17.9. The third-order valence-electron chi connectivity index (χ3n) is 6.40. The predicted molar refractivity (Wildman–Crippen MR) is 113 cm³/mol. The number of piperazine rings is 1. The van der Waals surface area contributed by atoms with E-state index in [1.165, 1.54) is 5.56 Å². The normalized spacial score (nSPS) is 26.8. The van der Waals surface area contributed by atoms with E-state index < -0.39 is 0 Å². The number of aliphatic hydroxyl groups is 1. The largest absolute Gasteiger partial charge is 0.484 e. The fraction of sp³-hybridized carbons (Fsp3) is 0.682. The molecule has 1 N–H and O–H groups in total. The monoisotopic (exact) mass is 418 g/mol. The topological polar surface area (TPSA) is 68.7 Å². The summed E-state index contributed by atoms with van der Waals surface area (Å²) >= 11 is 0. The second-order valence-corrected chi connectivity index (χ2v) is 8.59. The van der Waals surface area contributed by atoms with Crippen LogP contribution in [-0.4, -0.2) is 122 Å². The molecule has 0 radical (unpaired) electrons.